The van der Waals surface area contributed by atoms with Gasteiger partial charge in [-0.25, -0.2) is 4.79 Å². The van der Waals surface area contributed by atoms with Crippen molar-refractivity contribution in [3.63, 3.8) is 0 Å². The molecule has 3 aromatic rings. The quantitative estimate of drug-likeness (QED) is 0.111. The van der Waals surface area contributed by atoms with Gasteiger partial charge < -0.3 is 39.0 Å². The number of aromatic amines is 1. The second-order valence-corrected chi connectivity index (χ2v) is 19.1. The molecule has 1 spiro atoms. The Morgan fingerprint density at radius 3 is 2.49 bits per heavy atom. The van der Waals surface area contributed by atoms with Crippen LogP contribution in [0.5, 0.6) is 5.75 Å². The van der Waals surface area contributed by atoms with E-state index in [0.29, 0.717) is 56.0 Å². The Morgan fingerprint density at radius 2 is 1.80 bits per heavy atom. The van der Waals surface area contributed by atoms with Gasteiger partial charge >= 0.3 is 17.9 Å². The number of H-pyrrole nitrogens is 1. The van der Waals surface area contributed by atoms with Gasteiger partial charge in [0.2, 0.25) is 5.60 Å². The number of benzene rings is 2. The van der Waals surface area contributed by atoms with Crippen molar-refractivity contribution in [1.29, 1.82) is 0 Å². The third-order valence-corrected chi connectivity index (χ3v) is 16.2. The highest BCUT2D eigenvalue weighted by Crippen LogP contribution is 2.68. The number of aliphatic hydroxyl groups is 2. The Morgan fingerprint density at radius 1 is 1.02 bits per heavy atom. The summed E-state index contributed by atoms with van der Waals surface area (Å²) in [6.07, 6.45) is 7.53. The number of nitrogens with one attached hydrogen (secondary N) is 1. The van der Waals surface area contributed by atoms with Crippen LogP contribution in [0, 0.1) is 11.3 Å². The fourth-order valence-corrected chi connectivity index (χ4v) is 13.8. The lowest BCUT2D eigenvalue weighted by atomic mass is 9.47. The SMILES string of the molecule is CCC1=C[C@H]2CN(C1)Cc1c([nH]c3ccc(SCCO)cc13)[C@@](C(=O)OC)(c1cc3c(cc1OC)N(C)[C@H]1[C@@](O)(C(=O)OC)[C@H](OC(C)=O)C4(CC)C=CCN5CC[C@]31[C@@H]54)C2. The molecule has 2 bridgehead atoms. The molecule has 2 fully saturated rings. The number of nitrogens with zero attached hydrogens (tertiary/aromatic N) is 3. The van der Waals surface area contributed by atoms with Crippen LogP contribution in [0.2, 0.25) is 0 Å². The zero-order chi connectivity index (χ0) is 43.2. The molecule has 61 heavy (non-hydrogen) atoms. The van der Waals surface area contributed by atoms with E-state index in [0.717, 1.165) is 57.8 Å². The van der Waals surface area contributed by atoms with E-state index in [9.17, 15) is 19.8 Å². The first-order valence-corrected chi connectivity index (χ1v) is 22.6. The summed E-state index contributed by atoms with van der Waals surface area (Å²) in [5.74, 6) is -0.860. The lowest BCUT2D eigenvalue weighted by Gasteiger charge is -2.63. The molecule has 14 heteroatoms. The summed E-state index contributed by atoms with van der Waals surface area (Å²) in [5, 5.41) is 24.0. The van der Waals surface area contributed by atoms with E-state index >= 15 is 4.79 Å². The summed E-state index contributed by atoms with van der Waals surface area (Å²) in [6, 6.07) is 9.13. The van der Waals surface area contributed by atoms with Crippen molar-refractivity contribution in [1.82, 2.24) is 14.8 Å². The maximum atomic E-state index is 15.3. The molecule has 2 unspecified atom stereocenters. The number of fused-ring (bicyclic) bond motifs is 6. The van der Waals surface area contributed by atoms with Gasteiger partial charge in [-0.1, -0.05) is 37.6 Å². The zero-order valence-electron chi connectivity index (χ0n) is 36.2. The molecular formula is C47H58N4O9S. The molecule has 0 amide bonds. The van der Waals surface area contributed by atoms with Crippen molar-refractivity contribution in [2.24, 2.45) is 11.3 Å². The van der Waals surface area contributed by atoms with Crippen molar-refractivity contribution in [2.45, 2.75) is 92.5 Å². The molecule has 1 saturated carbocycles. The number of carbonyl (C=O) groups excluding carboxylic acids is 3. The van der Waals surface area contributed by atoms with Gasteiger partial charge in [0, 0.05) is 102 Å². The molecule has 6 aliphatic rings. The number of hydrogen-bond donors (Lipinski definition) is 3. The summed E-state index contributed by atoms with van der Waals surface area (Å²) >= 11 is 1.59. The number of rotatable bonds is 10. The first-order chi connectivity index (χ1) is 29.3. The highest BCUT2D eigenvalue weighted by molar-refractivity contribution is 7.99. The molecule has 0 radical (unpaired) electrons. The topological polar surface area (TPSA) is 154 Å². The summed E-state index contributed by atoms with van der Waals surface area (Å²) in [4.78, 5) is 54.4. The Bertz CT molecular complexity index is 2360. The predicted octanol–water partition coefficient (Wildman–Crippen LogP) is 4.84. The van der Waals surface area contributed by atoms with E-state index in [2.05, 4.69) is 58.1 Å². The zero-order valence-corrected chi connectivity index (χ0v) is 37.0. The van der Waals surface area contributed by atoms with Gasteiger partial charge in [0.1, 0.15) is 11.2 Å². The maximum Gasteiger partial charge on any atom is 0.344 e. The van der Waals surface area contributed by atoms with Crippen LogP contribution in [0.15, 0.2) is 59.0 Å². The average molecular weight is 855 g/mol. The van der Waals surface area contributed by atoms with Crippen molar-refractivity contribution < 1.29 is 43.5 Å². The van der Waals surface area contributed by atoms with Crippen LogP contribution < -0.4 is 9.64 Å². The fraction of sp³-hybridized carbons (Fsp3) is 0.553. The van der Waals surface area contributed by atoms with Crippen LogP contribution in [0.25, 0.3) is 10.9 Å². The van der Waals surface area contributed by atoms with E-state index < -0.39 is 51.9 Å². The van der Waals surface area contributed by atoms with Crippen LogP contribution in [0.4, 0.5) is 5.69 Å². The molecule has 2 aromatic carbocycles. The number of likely N-dealkylation sites (N-methyl/N-ethyl adjacent to an activating group) is 1. The van der Waals surface area contributed by atoms with Crippen LogP contribution in [-0.4, -0.2) is 134 Å². The number of aliphatic hydroxyl groups excluding tert-OH is 1. The average Bonchev–Trinajstić information content (AvgIpc) is 3.91. The molecular weight excluding hydrogens is 797 g/mol. The number of thioether (sulfide) groups is 1. The molecule has 1 aliphatic carbocycles. The molecule has 326 valence electrons. The molecule has 3 N–H and O–H groups in total. The first-order valence-electron chi connectivity index (χ1n) is 21.6. The third-order valence-electron chi connectivity index (χ3n) is 15.2. The van der Waals surface area contributed by atoms with Crippen LogP contribution in [-0.2, 0) is 46.0 Å². The highest BCUT2D eigenvalue weighted by Gasteiger charge is 2.80. The van der Waals surface area contributed by atoms with Crippen LogP contribution in [0.1, 0.15) is 68.8 Å². The second kappa shape index (κ2) is 15.2. The van der Waals surface area contributed by atoms with Gasteiger partial charge in [0.05, 0.1) is 34.0 Å². The molecule has 5 aliphatic heterocycles. The smallest absolute Gasteiger partial charge is 0.344 e. The minimum atomic E-state index is -2.30. The summed E-state index contributed by atoms with van der Waals surface area (Å²) < 4.78 is 24.0. The van der Waals surface area contributed by atoms with Crippen molar-refractivity contribution in [3.05, 3.63) is 76.5 Å². The predicted molar refractivity (Wildman–Crippen MR) is 232 cm³/mol. The van der Waals surface area contributed by atoms with Gasteiger partial charge in [0.25, 0.3) is 0 Å². The maximum absolute atomic E-state index is 15.3. The van der Waals surface area contributed by atoms with E-state index in [1.54, 1.807) is 18.9 Å². The van der Waals surface area contributed by atoms with Gasteiger partial charge in [-0.3, -0.25) is 19.4 Å². The van der Waals surface area contributed by atoms with Crippen LogP contribution in [0.3, 0.4) is 0 Å². The van der Waals surface area contributed by atoms with E-state index in [1.807, 2.05) is 31.0 Å². The third kappa shape index (κ3) is 5.70. The lowest BCUT2D eigenvalue weighted by molar-refractivity contribution is -0.228. The first kappa shape index (κ1) is 42.0. The number of carbonyl (C=O) groups is 3. The number of methoxy groups -OCH3 is 3. The van der Waals surface area contributed by atoms with Crippen LogP contribution >= 0.6 is 11.8 Å². The lowest BCUT2D eigenvalue weighted by Crippen LogP contribution is -2.81. The minimum Gasteiger partial charge on any atom is -0.496 e. The Labute approximate surface area is 361 Å². The van der Waals surface area contributed by atoms with E-state index in [1.165, 1.54) is 26.7 Å². The van der Waals surface area contributed by atoms with Crippen molar-refractivity contribution in [2.75, 3.05) is 71.8 Å². The molecule has 9 atom stereocenters. The van der Waals surface area contributed by atoms with Crippen molar-refractivity contribution in [3.8, 4) is 5.75 Å². The molecule has 6 heterocycles. The molecule has 1 aromatic heterocycles. The van der Waals surface area contributed by atoms with E-state index in [4.69, 9.17) is 18.9 Å². The highest BCUT2D eigenvalue weighted by atomic mass is 32.2. The molecule has 1 saturated heterocycles. The number of esters is 3. The van der Waals surface area contributed by atoms with Gasteiger partial charge in [0.15, 0.2) is 6.10 Å². The standard InChI is InChI=1S/C47H58N4O9S/c1-8-28-19-29-23-46(42(54)58-6,38-32(26-50(24-28)25-29)31-20-30(61-18-17-52)11-12-35(31)48-38)34-21-33-36(22-37(34)57-5)49(4)40-45(33)14-16-51-15-10-13-44(9-2,39(45)51)41(60-27(3)53)47(40,56)43(55)59-7/h10-13,19-22,29,39-41,48,52,56H,8-9,14-18,23-26H2,1-7H3/t29-,39+,40-,41-,44?,45-,46+,47+/m1/s1. The molecule has 13 nitrogen and oxygen atoms in total. The minimum absolute atomic E-state index is 0.00800. The normalized spacial score (nSPS) is 33.4. The Hall–Kier alpha value is -4.34. The summed E-state index contributed by atoms with van der Waals surface area (Å²) in [7, 11) is 6.19. The Balaban J connectivity index is 1.36. The summed E-state index contributed by atoms with van der Waals surface area (Å²) in [6.45, 7) is 9.08. The molecule has 9 rings (SSSR count). The second-order valence-electron chi connectivity index (χ2n) is 17.9. The number of hydrogen-bond acceptors (Lipinski definition) is 13. The number of anilines is 1. The number of ether oxygens (including phenoxy) is 4. The van der Waals surface area contributed by atoms with Gasteiger partial charge in [-0.15, -0.1) is 11.8 Å². The van der Waals surface area contributed by atoms with E-state index in [-0.39, 0.29) is 18.6 Å². The largest absolute Gasteiger partial charge is 0.496 e. The Kier molecular flexibility index (Phi) is 10.4. The van der Waals surface area contributed by atoms with Crippen molar-refractivity contribution >= 4 is 46.3 Å². The monoisotopic (exact) mass is 854 g/mol. The number of aromatic nitrogens is 1. The van der Waals surface area contributed by atoms with Gasteiger partial charge in [-0.05, 0) is 73.5 Å². The van der Waals surface area contributed by atoms with Gasteiger partial charge in [-0.2, -0.15) is 0 Å². The summed E-state index contributed by atoms with van der Waals surface area (Å²) in [5.41, 5.74) is 0.698. The fourth-order valence-electron chi connectivity index (χ4n) is 13.1.